The van der Waals surface area contributed by atoms with E-state index in [0.717, 1.165) is 4.88 Å². The van der Waals surface area contributed by atoms with Crippen LogP contribution < -0.4 is 29.6 Å². The molecule has 1 aromatic heterocycles. The number of nitrogens with one attached hydrogen (secondary N) is 2. The zero-order valence-corrected chi connectivity index (χ0v) is 22.9. The minimum absolute atomic E-state index is 0.0209. The van der Waals surface area contributed by atoms with Crippen LogP contribution in [-0.4, -0.2) is 33.1 Å². The van der Waals surface area contributed by atoms with Gasteiger partial charge in [0.1, 0.15) is 17.2 Å². The van der Waals surface area contributed by atoms with Gasteiger partial charge in [0.15, 0.2) is 17.2 Å². The van der Waals surface area contributed by atoms with E-state index in [9.17, 15) is 9.59 Å². The van der Waals surface area contributed by atoms with Gasteiger partial charge >= 0.3 is 0 Å². The molecule has 10 heteroatoms. The molecule has 0 saturated carbocycles. The molecular formula is C29H25ClN2O6S. The Bertz CT molecular complexity index is 1490. The molecule has 0 radical (unpaired) electrons. The average molecular weight is 565 g/mol. The highest BCUT2D eigenvalue weighted by atomic mass is 35.5. The van der Waals surface area contributed by atoms with Crippen LogP contribution in [0.5, 0.6) is 28.7 Å². The Kier molecular flexibility index (Phi) is 9.09. The molecule has 0 fully saturated rings. The Hall–Kier alpha value is -4.47. The first-order chi connectivity index (χ1) is 18.9. The van der Waals surface area contributed by atoms with E-state index in [1.54, 1.807) is 67.8 Å². The van der Waals surface area contributed by atoms with Gasteiger partial charge in [-0.2, -0.15) is 0 Å². The van der Waals surface area contributed by atoms with Gasteiger partial charge in [0, 0.05) is 15.5 Å². The van der Waals surface area contributed by atoms with Crippen LogP contribution in [0.4, 0.5) is 5.69 Å². The van der Waals surface area contributed by atoms with E-state index in [1.807, 2.05) is 17.5 Å². The molecule has 4 aromatic rings. The second-order valence-electron chi connectivity index (χ2n) is 7.97. The van der Waals surface area contributed by atoms with Crippen molar-refractivity contribution in [1.29, 1.82) is 0 Å². The van der Waals surface area contributed by atoms with Crippen molar-refractivity contribution in [3.8, 4) is 28.7 Å². The van der Waals surface area contributed by atoms with Crippen molar-refractivity contribution in [2.45, 2.75) is 0 Å². The number of amides is 2. The summed E-state index contributed by atoms with van der Waals surface area (Å²) in [4.78, 5) is 27.4. The van der Waals surface area contributed by atoms with Crippen LogP contribution in [0.3, 0.4) is 0 Å². The number of hydrogen-bond donors (Lipinski definition) is 2. The summed E-state index contributed by atoms with van der Waals surface area (Å²) in [6.07, 6.45) is 1.59. The van der Waals surface area contributed by atoms with Crippen LogP contribution in [-0.2, 0) is 4.79 Å². The molecule has 3 aromatic carbocycles. The molecule has 4 rings (SSSR count). The molecular weight excluding hydrogens is 540 g/mol. The second kappa shape index (κ2) is 12.9. The number of benzene rings is 3. The smallest absolute Gasteiger partial charge is 0.272 e. The minimum atomic E-state index is -0.570. The number of carbonyl (C=O) groups is 2. The highest BCUT2D eigenvalue weighted by Crippen LogP contribution is 2.33. The van der Waals surface area contributed by atoms with E-state index in [1.165, 1.54) is 31.6 Å². The zero-order valence-electron chi connectivity index (χ0n) is 21.3. The van der Waals surface area contributed by atoms with Gasteiger partial charge < -0.3 is 29.6 Å². The van der Waals surface area contributed by atoms with E-state index < -0.39 is 11.8 Å². The molecule has 39 heavy (non-hydrogen) atoms. The lowest BCUT2D eigenvalue weighted by molar-refractivity contribution is -0.113. The summed E-state index contributed by atoms with van der Waals surface area (Å²) in [5.41, 5.74) is 0.622. The maximum absolute atomic E-state index is 13.5. The number of rotatable bonds is 10. The lowest BCUT2D eigenvalue weighted by Gasteiger charge is -2.15. The van der Waals surface area contributed by atoms with E-state index in [4.69, 9.17) is 30.5 Å². The summed E-state index contributed by atoms with van der Waals surface area (Å²) in [7, 11) is 4.56. The van der Waals surface area contributed by atoms with Crippen molar-refractivity contribution in [3.63, 3.8) is 0 Å². The van der Waals surface area contributed by atoms with Crippen molar-refractivity contribution in [2.24, 2.45) is 0 Å². The van der Waals surface area contributed by atoms with E-state index in [0.29, 0.717) is 39.5 Å². The van der Waals surface area contributed by atoms with Crippen molar-refractivity contribution in [3.05, 3.63) is 99.3 Å². The van der Waals surface area contributed by atoms with Gasteiger partial charge in [-0.25, -0.2) is 0 Å². The highest BCUT2D eigenvalue weighted by Gasteiger charge is 2.19. The summed E-state index contributed by atoms with van der Waals surface area (Å²) < 4.78 is 21.7. The lowest BCUT2D eigenvalue weighted by Crippen LogP contribution is -2.30. The molecule has 2 amide bonds. The van der Waals surface area contributed by atoms with E-state index in [-0.39, 0.29) is 11.3 Å². The average Bonchev–Trinajstić information content (AvgIpc) is 3.47. The van der Waals surface area contributed by atoms with E-state index in [2.05, 4.69) is 10.6 Å². The first kappa shape index (κ1) is 27.6. The van der Waals surface area contributed by atoms with Gasteiger partial charge in [0.25, 0.3) is 11.8 Å². The quantitative estimate of drug-likeness (QED) is 0.210. The molecule has 0 saturated heterocycles. The van der Waals surface area contributed by atoms with Gasteiger partial charge in [0.2, 0.25) is 0 Å². The summed E-state index contributed by atoms with van der Waals surface area (Å²) in [6.45, 7) is 0. The SMILES string of the molecule is COc1ccc(Oc2ccc(Cl)cc2NC(=O)/C(=C/c2cccs2)NC(=O)c2ccc(OC)c(OC)c2)cc1. The fraction of sp³-hybridized carbons (Fsp3) is 0.103. The highest BCUT2D eigenvalue weighted by molar-refractivity contribution is 7.10. The molecule has 0 spiro atoms. The number of ether oxygens (including phenoxy) is 4. The van der Waals surface area contributed by atoms with Crippen molar-refractivity contribution < 1.29 is 28.5 Å². The predicted octanol–water partition coefficient (Wildman–Crippen LogP) is 6.63. The number of hydrogen-bond acceptors (Lipinski definition) is 7. The molecule has 0 aliphatic rings. The number of thiophene rings is 1. The molecule has 0 bridgehead atoms. The summed E-state index contributed by atoms with van der Waals surface area (Å²) in [6, 6.07) is 20.3. The maximum atomic E-state index is 13.5. The van der Waals surface area contributed by atoms with Gasteiger partial charge in [-0.15, -0.1) is 11.3 Å². The Balaban J connectivity index is 1.60. The van der Waals surface area contributed by atoms with Crippen molar-refractivity contribution >= 4 is 46.5 Å². The van der Waals surface area contributed by atoms with Crippen LogP contribution >= 0.6 is 22.9 Å². The van der Waals surface area contributed by atoms with E-state index >= 15 is 0 Å². The first-order valence-electron chi connectivity index (χ1n) is 11.6. The topological polar surface area (TPSA) is 95.1 Å². The van der Waals surface area contributed by atoms with Crippen LogP contribution in [0.25, 0.3) is 6.08 Å². The van der Waals surface area contributed by atoms with Gasteiger partial charge in [-0.05, 0) is 78.2 Å². The van der Waals surface area contributed by atoms with Crippen LogP contribution in [0.1, 0.15) is 15.2 Å². The summed E-state index contributed by atoms with van der Waals surface area (Å²) >= 11 is 7.65. The summed E-state index contributed by atoms with van der Waals surface area (Å²) in [5, 5.41) is 7.78. The van der Waals surface area contributed by atoms with Crippen LogP contribution in [0.2, 0.25) is 5.02 Å². The zero-order chi connectivity index (χ0) is 27.8. The first-order valence-corrected chi connectivity index (χ1v) is 12.9. The normalized spacial score (nSPS) is 10.9. The van der Waals surface area contributed by atoms with Crippen molar-refractivity contribution in [2.75, 3.05) is 26.6 Å². The molecule has 1 heterocycles. The van der Waals surface area contributed by atoms with Crippen molar-refractivity contribution in [1.82, 2.24) is 5.32 Å². The Labute approximate surface area is 234 Å². The Morgan fingerprint density at radius 2 is 1.54 bits per heavy atom. The van der Waals surface area contributed by atoms with Crippen LogP contribution in [0, 0.1) is 0 Å². The molecule has 200 valence electrons. The summed E-state index contributed by atoms with van der Waals surface area (Å²) in [5.74, 6) is 1.36. The molecule has 2 N–H and O–H groups in total. The molecule has 8 nitrogen and oxygen atoms in total. The monoisotopic (exact) mass is 564 g/mol. The van der Waals surface area contributed by atoms with Crippen LogP contribution in [0.15, 0.2) is 83.9 Å². The Morgan fingerprint density at radius 1 is 0.821 bits per heavy atom. The van der Waals surface area contributed by atoms with Gasteiger partial charge in [-0.1, -0.05) is 17.7 Å². The fourth-order valence-electron chi connectivity index (χ4n) is 3.50. The number of carbonyl (C=O) groups excluding carboxylic acids is 2. The third-order valence-electron chi connectivity index (χ3n) is 5.45. The predicted molar refractivity (Wildman–Crippen MR) is 152 cm³/mol. The standard InChI is InChI=1S/C29H25ClN2O6S/c1-35-20-8-10-21(11-9-20)38-25-13-7-19(30)16-23(25)31-29(34)24(17-22-5-4-14-39-22)32-28(33)18-6-12-26(36-2)27(15-18)37-3/h4-17H,1-3H3,(H,31,34)(H,32,33)/b24-17-. The number of halogens is 1. The van der Waals surface area contributed by atoms with Gasteiger partial charge in [0.05, 0.1) is 27.0 Å². The molecule has 0 atom stereocenters. The fourth-order valence-corrected chi connectivity index (χ4v) is 4.32. The maximum Gasteiger partial charge on any atom is 0.272 e. The Morgan fingerprint density at radius 3 is 2.21 bits per heavy atom. The third kappa shape index (κ3) is 7.10. The largest absolute Gasteiger partial charge is 0.497 e. The number of methoxy groups -OCH3 is 3. The number of anilines is 1. The minimum Gasteiger partial charge on any atom is -0.497 e. The molecule has 0 aliphatic carbocycles. The second-order valence-corrected chi connectivity index (χ2v) is 9.39. The molecule has 0 aliphatic heterocycles. The van der Waals surface area contributed by atoms with Gasteiger partial charge in [-0.3, -0.25) is 9.59 Å². The lowest BCUT2D eigenvalue weighted by atomic mass is 10.1. The third-order valence-corrected chi connectivity index (χ3v) is 6.50. The molecule has 0 unspecified atom stereocenters.